The zero-order valence-electron chi connectivity index (χ0n) is 23.2. The number of carbonyl (C=O) groups excluding carboxylic acids is 1. The number of hydrogen-bond acceptors (Lipinski definition) is 5. The Kier molecular flexibility index (Phi) is 7.65. The van der Waals surface area contributed by atoms with E-state index in [4.69, 9.17) is 14.0 Å². The predicted octanol–water partition coefficient (Wildman–Crippen LogP) is 7.14. The van der Waals surface area contributed by atoms with Gasteiger partial charge in [0.2, 0.25) is 0 Å². The van der Waals surface area contributed by atoms with Gasteiger partial charge in [0.05, 0.1) is 11.2 Å². The molecule has 3 aromatic carbocycles. The topological polar surface area (TPSA) is 66.0 Å². The summed E-state index contributed by atoms with van der Waals surface area (Å²) < 4.78 is 60.4. The Morgan fingerprint density at radius 2 is 1.51 bits per heavy atom. The number of ether oxygens (including phenoxy) is 2. The molecule has 6 nitrogen and oxygen atoms in total. The van der Waals surface area contributed by atoms with Crippen LogP contribution in [-0.4, -0.2) is 43.9 Å². The molecule has 1 fully saturated rings. The number of amides is 1. The van der Waals surface area contributed by atoms with Gasteiger partial charge in [0.25, 0.3) is 0 Å². The van der Waals surface area contributed by atoms with E-state index in [1.54, 1.807) is 12.1 Å². The van der Waals surface area contributed by atoms with E-state index in [9.17, 15) is 18.0 Å². The Balaban J connectivity index is 1.31. The van der Waals surface area contributed by atoms with Crippen LogP contribution in [0.5, 0.6) is 5.75 Å². The molecule has 5 rings (SSSR count). The van der Waals surface area contributed by atoms with E-state index in [1.807, 2.05) is 64.1 Å². The lowest BCUT2D eigenvalue weighted by Crippen LogP contribution is -2.41. The normalized spacial score (nSPS) is 17.6. The number of benzene rings is 3. The SMILES string of the molecule is CC1(C)OB(C(=Cc2cccc(OC(F)(F)F)c2)CNC(=O)OCC2c3ccccc3-c3ccccc32)OC1(C)C. The largest absolute Gasteiger partial charge is 0.573 e. The van der Waals surface area contributed by atoms with Crippen LogP contribution in [0.15, 0.2) is 78.3 Å². The summed E-state index contributed by atoms with van der Waals surface area (Å²) in [6, 6.07) is 21.7. The van der Waals surface area contributed by atoms with Gasteiger partial charge >= 0.3 is 19.6 Å². The Morgan fingerprint density at radius 1 is 0.927 bits per heavy atom. The van der Waals surface area contributed by atoms with Crippen LogP contribution in [0, 0.1) is 0 Å². The summed E-state index contributed by atoms with van der Waals surface area (Å²) in [5, 5.41) is 2.76. The first-order chi connectivity index (χ1) is 19.3. The standard InChI is InChI=1S/C31H31BF3NO5/c1-29(2)30(3,4)41-32(40-29)21(16-20-10-9-11-22(17-20)39-31(33,34)35)18-36-28(37)38-19-27-25-14-7-5-12-23(25)24-13-6-8-15-26(24)27/h5-17,27H,18-19H2,1-4H3,(H,36,37). The van der Waals surface area contributed by atoms with E-state index in [-0.39, 0.29) is 24.8 Å². The molecule has 41 heavy (non-hydrogen) atoms. The molecular formula is C31H31BF3NO5. The van der Waals surface area contributed by atoms with Gasteiger partial charge in [0, 0.05) is 12.5 Å². The monoisotopic (exact) mass is 565 g/mol. The minimum absolute atomic E-state index is 0.0160. The van der Waals surface area contributed by atoms with Crippen molar-refractivity contribution < 1.29 is 36.7 Å². The zero-order chi connectivity index (χ0) is 29.4. The molecule has 0 radical (unpaired) electrons. The second-order valence-electron chi connectivity index (χ2n) is 11.1. The highest BCUT2D eigenvalue weighted by Crippen LogP contribution is 2.44. The van der Waals surface area contributed by atoms with Gasteiger partial charge in [-0.2, -0.15) is 0 Å². The van der Waals surface area contributed by atoms with Crippen molar-refractivity contribution in [3.63, 3.8) is 0 Å². The molecule has 1 amide bonds. The fraction of sp³-hybridized carbons (Fsp3) is 0.323. The van der Waals surface area contributed by atoms with Crippen molar-refractivity contribution in [2.24, 2.45) is 0 Å². The zero-order valence-corrected chi connectivity index (χ0v) is 23.2. The predicted molar refractivity (Wildman–Crippen MR) is 150 cm³/mol. The minimum atomic E-state index is -4.82. The van der Waals surface area contributed by atoms with Gasteiger partial charge in [-0.25, -0.2) is 4.79 Å². The molecule has 0 unspecified atom stereocenters. The van der Waals surface area contributed by atoms with Crippen molar-refractivity contribution in [1.29, 1.82) is 0 Å². The van der Waals surface area contributed by atoms with Crippen molar-refractivity contribution in [2.45, 2.75) is 51.2 Å². The molecule has 0 atom stereocenters. The number of alkyl halides is 3. The number of alkyl carbamates (subject to hydrolysis) is 1. The Hall–Kier alpha value is -3.76. The maximum Gasteiger partial charge on any atom is 0.573 e. The van der Waals surface area contributed by atoms with E-state index in [2.05, 4.69) is 22.2 Å². The van der Waals surface area contributed by atoms with Gasteiger partial charge in [0.15, 0.2) is 0 Å². The van der Waals surface area contributed by atoms with Crippen LogP contribution in [0.1, 0.15) is 50.3 Å². The fourth-order valence-corrected chi connectivity index (χ4v) is 5.04. The van der Waals surface area contributed by atoms with Crippen molar-refractivity contribution in [3.8, 4) is 16.9 Å². The summed E-state index contributed by atoms with van der Waals surface area (Å²) in [6.07, 6.45) is -3.83. The molecule has 1 N–H and O–H groups in total. The van der Waals surface area contributed by atoms with Gasteiger partial charge in [-0.15, -0.1) is 13.2 Å². The van der Waals surface area contributed by atoms with Gasteiger partial charge in [-0.1, -0.05) is 66.7 Å². The van der Waals surface area contributed by atoms with Gasteiger partial charge < -0.3 is 24.1 Å². The average molecular weight is 565 g/mol. The molecule has 0 saturated carbocycles. The maximum absolute atomic E-state index is 12.9. The lowest BCUT2D eigenvalue weighted by atomic mass is 9.77. The molecule has 0 spiro atoms. The summed E-state index contributed by atoms with van der Waals surface area (Å²) in [6.45, 7) is 7.69. The fourth-order valence-electron chi connectivity index (χ4n) is 5.04. The molecule has 1 aliphatic carbocycles. The first-order valence-electron chi connectivity index (χ1n) is 13.3. The smallest absolute Gasteiger partial charge is 0.449 e. The van der Waals surface area contributed by atoms with Gasteiger partial charge in [-0.05, 0) is 73.1 Å². The molecule has 0 aromatic heterocycles. The third-order valence-electron chi connectivity index (χ3n) is 7.78. The van der Waals surface area contributed by atoms with Crippen LogP contribution < -0.4 is 10.1 Å². The second-order valence-corrected chi connectivity index (χ2v) is 11.1. The maximum atomic E-state index is 12.9. The van der Waals surface area contributed by atoms with Crippen molar-refractivity contribution in [3.05, 3.63) is 95.0 Å². The number of carbonyl (C=O) groups is 1. The second kappa shape index (κ2) is 10.9. The Bertz CT molecular complexity index is 1410. The van der Waals surface area contributed by atoms with Crippen LogP contribution >= 0.6 is 0 Å². The Morgan fingerprint density at radius 3 is 2.10 bits per heavy atom. The first kappa shape index (κ1) is 28.8. The number of hydrogen-bond donors (Lipinski definition) is 1. The van der Waals surface area contributed by atoms with E-state index >= 15 is 0 Å². The molecule has 1 aliphatic heterocycles. The van der Waals surface area contributed by atoms with E-state index in [0.29, 0.717) is 11.0 Å². The molecule has 3 aromatic rings. The first-order valence-corrected chi connectivity index (χ1v) is 13.3. The lowest BCUT2D eigenvalue weighted by molar-refractivity contribution is -0.274. The van der Waals surface area contributed by atoms with Crippen molar-refractivity contribution in [2.75, 3.05) is 13.2 Å². The van der Waals surface area contributed by atoms with Crippen LogP contribution in [0.25, 0.3) is 17.2 Å². The van der Waals surface area contributed by atoms with Crippen molar-refractivity contribution >= 4 is 19.3 Å². The number of nitrogens with one attached hydrogen (secondary N) is 1. The van der Waals surface area contributed by atoms with Gasteiger partial charge in [0.1, 0.15) is 12.4 Å². The summed E-state index contributed by atoms with van der Waals surface area (Å²) in [7, 11) is -0.846. The minimum Gasteiger partial charge on any atom is -0.449 e. The molecule has 1 saturated heterocycles. The van der Waals surface area contributed by atoms with Crippen LogP contribution in [0.3, 0.4) is 0 Å². The quantitative estimate of drug-likeness (QED) is 0.309. The molecule has 0 bridgehead atoms. The average Bonchev–Trinajstić information content (AvgIpc) is 3.33. The number of halogens is 3. The lowest BCUT2D eigenvalue weighted by Gasteiger charge is -2.32. The third kappa shape index (κ3) is 6.28. The van der Waals surface area contributed by atoms with Gasteiger partial charge in [-0.3, -0.25) is 0 Å². The summed E-state index contributed by atoms with van der Waals surface area (Å²) >= 11 is 0. The van der Waals surface area contributed by atoms with E-state index < -0.39 is 30.8 Å². The van der Waals surface area contributed by atoms with E-state index in [1.165, 1.54) is 18.2 Å². The summed E-state index contributed by atoms with van der Waals surface area (Å²) in [5.41, 5.74) is 4.04. The van der Waals surface area contributed by atoms with Crippen LogP contribution in [0.4, 0.5) is 18.0 Å². The molecule has 10 heteroatoms. The molecule has 214 valence electrons. The summed E-state index contributed by atoms with van der Waals surface area (Å²) in [5.74, 6) is -0.452. The van der Waals surface area contributed by atoms with Crippen LogP contribution in [-0.2, 0) is 14.0 Å². The highest BCUT2D eigenvalue weighted by molar-refractivity contribution is 6.56. The Labute approximate surface area is 237 Å². The van der Waals surface area contributed by atoms with E-state index in [0.717, 1.165) is 22.3 Å². The molecular weight excluding hydrogens is 534 g/mol. The number of rotatable bonds is 7. The molecule has 2 aliphatic rings. The summed E-state index contributed by atoms with van der Waals surface area (Å²) in [4.78, 5) is 12.9. The highest BCUT2D eigenvalue weighted by atomic mass is 19.4. The third-order valence-corrected chi connectivity index (χ3v) is 7.78. The molecule has 1 heterocycles. The number of fused-ring (bicyclic) bond motifs is 3. The van der Waals surface area contributed by atoms with Crippen molar-refractivity contribution in [1.82, 2.24) is 5.32 Å². The van der Waals surface area contributed by atoms with Crippen LogP contribution in [0.2, 0.25) is 0 Å². The highest BCUT2D eigenvalue weighted by Gasteiger charge is 2.52.